The maximum atomic E-state index is 12.7. The van der Waals surface area contributed by atoms with E-state index >= 15 is 0 Å². The Bertz CT molecular complexity index is 1200. The third-order valence-corrected chi connectivity index (χ3v) is 4.55. The topological polar surface area (TPSA) is 84.7 Å². The van der Waals surface area contributed by atoms with Crippen LogP contribution in [0, 0.1) is 13.8 Å². The van der Waals surface area contributed by atoms with Crippen molar-refractivity contribution in [3.05, 3.63) is 83.8 Å². The van der Waals surface area contributed by atoms with Crippen molar-refractivity contribution in [2.24, 2.45) is 7.05 Å². The first-order chi connectivity index (χ1) is 14.5. The second-order valence-electron chi connectivity index (χ2n) is 7.01. The van der Waals surface area contributed by atoms with Crippen molar-refractivity contribution in [1.82, 2.24) is 19.7 Å². The molecule has 7 nitrogen and oxygen atoms in total. The maximum Gasteiger partial charge on any atom is 0.256 e. The number of aryl methyl sites for hydroxylation is 3. The molecule has 0 aliphatic rings. The molecule has 0 spiro atoms. The summed E-state index contributed by atoms with van der Waals surface area (Å²) in [5.41, 5.74) is 4.00. The minimum Gasteiger partial charge on any atom is -0.340 e. The number of anilines is 3. The molecule has 0 unspecified atom stereocenters. The minimum absolute atomic E-state index is 0.203. The number of carbonyl (C=O) groups excluding carboxylic acids is 1. The van der Waals surface area contributed by atoms with Crippen LogP contribution in [0.2, 0.25) is 0 Å². The summed E-state index contributed by atoms with van der Waals surface area (Å²) in [4.78, 5) is 21.7. The van der Waals surface area contributed by atoms with Crippen LogP contribution in [-0.2, 0) is 7.05 Å². The quantitative estimate of drug-likeness (QED) is 0.517. The number of nitrogens with one attached hydrogen (secondary N) is 2. The average Bonchev–Trinajstić information content (AvgIpc) is 3.05. The number of hydrogen-bond acceptors (Lipinski definition) is 5. The standard InChI is InChI=1S/C23H22N6O/c1-15-12-22(29(3)28-15)27-23(30)18-10-7-11-19(13-18)26-21-14-20(24-16(2)25-21)17-8-5-4-6-9-17/h4-14H,1-3H3,(H,27,30)(H,24,25,26). The normalized spacial score (nSPS) is 10.6. The van der Waals surface area contributed by atoms with Crippen LogP contribution >= 0.6 is 0 Å². The van der Waals surface area contributed by atoms with Gasteiger partial charge in [0, 0.05) is 36.0 Å². The molecular weight excluding hydrogens is 376 g/mol. The maximum absolute atomic E-state index is 12.7. The summed E-state index contributed by atoms with van der Waals surface area (Å²) in [6, 6.07) is 21.0. The summed E-state index contributed by atoms with van der Waals surface area (Å²) >= 11 is 0. The van der Waals surface area contributed by atoms with E-state index in [1.54, 1.807) is 23.9 Å². The highest BCUT2D eigenvalue weighted by Gasteiger charge is 2.11. The zero-order chi connectivity index (χ0) is 21.1. The van der Waals surface area contributed by atoms with E-state index in [0.717, 1.165) is 22.6 Å². The highest BCUT2D eigenvalue weighted by atomic mass is 16.1. The predicted molar refractivity (Wildman–Crippen MR) is 118 cm³/mol. The summed E-state index contributed by atoms with van der Waals surface area (Å²) in [7, 11) is 1.79. The van der Waals surface area contributed by atoms with Gasteiger partial charge < -0.3 is 10.6 Å². The van der Waals surface area contributed by atoms with Crippen LogP contribution in [-0.4, -0.2) is 25.7 Å². The van der Waals surface area contributed by atoms with Gasteiger partial charge in [-0.15, -0.1) is 0 Å². The van der Waals surface area contributed by atoms with Gasteiger partial charge in [0.25, 0.3) is 5.91 Å². The summed E-state index contributed by atoms with van der Waals surface area (Å²) in [5.74, 6) is 1.78. The van der Waals surface area contributed by atoms with Crippen LogP contribution in [0.1, 0.15) is 21.9 Å². The number of aromatic nitrogens is 4. The lowest BCUT2D eigenvalue weighted by atomic mass is 10.1. The molecule has 0 aliphatic carbocycles. The molecule has 2 aromatic carbocycles. The van der Waals surface area contributed by atoms with Crippen molar-refractivity contribution in [1.29, 1.82) is 0 Å². The SMILES string of the molecule is Cc1cc(NC(=O)c2cccc(Nc3cc(-c4ccccc4)nc(C)n3)c2)n(C)n1. The van der Waals surface area contributed by atoms with Gasteiger partial charge in [0.15, 0.2) is 0 Å². The van der Waals surface area contributed by atoms with Gasteiger partial charge in [-0.2, -0.15) is 5.10 Å². The van der Waals surface area contributed by atoms with Crippen molar-refractivity contribution in [3.8, 4) is 11.3 Å². The molecule has 1 amide bonds. The van der Waals surface area contributed by atoms with E-state index in [0.29, 0.717) is 23.0 Å². The van der Waals surface area contributed by atoms with Crippen molar-refractivity contribution in [2.45, 2.75) is 13.8 Å². The molecule has 0 bridgehead atoms. The van der Waals surface area contributed by atoms with Crippen LogP contribution in [0.3, 0.4) is 0 Å². The summed E-state index contributed by atoms with van der Waals surface area (Å²) in [6.07, 6.45) is 0. The fraction of sp³-hybridized carbons (Fsp3) is 0.130. The van der Waals surface area contributed by atoms with Crippen molar-refractivity contribution in [3.63, 3.8) is 0 Å². The first-order valence-corrected chi connectivity index (χ1v) is 9.58. The van der Waals surface area contributed by atoms with Crippen LogP contribution in [0.4, 0.5) is 17.3 Å². The fourth-order valence-corrected chi connectivity index (χ4v) is 3.19. The van der Waals surface area contributed by atoms with E-state index in [-0.39, 0.29) is 5.91 Å². The highest BCUT2D eigenvalue weighted by molar-refractivity contribution is 6.04. The van der Waals surface area contributed by atoms with E-state index in [1.807, 2.05) is 68.4 Å². The lowest BCUT2D eigenvalue weighted by Crippen LogP contribution is -2.14. The third-order valence-electron chi connectivity index (χ3n) is 4.55. The lowest BCUT2D eigenvalue weighted by molar-refractivity contribution is 0.102. The average molecular weight is 398 g/mol. The number of rotatable bonds is 5. The van der Waals surface area contributed by atoms with E-state index in [1.165, 1.54) is 0 Å². The largest absolute Gasteiger partial charge is 0.340 e. The number of nitrogens with zero attached hydrogens (tertiary/aromatic N) is 4. The van der Waals surface area contributed by atoms with Crippen LogP contribution in [0.5, 0.6) is 0 Å². The number of hydrogen-bond donors (Lipinski definition) is 2. The summed E-state index contributed by atoms with van der Waals surface area (Å²) < 4.78 is 1.64. The van der Waals surface area contributed by atoms with E-state index in [9.17, 15) is 4.79 Å². The molecule has 0 atom stereocenters. The Morgan fingerprint density at radius 3 is 2.47 bits per heavy atom. The molecule has 30 heavy (non-hydrogen) atoms. The molecule has 2 heterocycles. The Hall–Kier alpha value is -4.00. The van der Waals surface area contributed by atoms with E-state index in [2.05, 4.69) is 25.7 Å². The molecule has 150 valence electrons. The Morgan fingerprint density at radius 2 is 1.73 bits per heavy atom. The third kappa shape index (κ3) is 4.35. The minimum atomic E-state index is -0.203. The molecule has 0 fully saturated rings. The van der Waals surface area contributed by atoms with Crippen molar-refractivity contribution < 1.29 is 4.79 Å². The molecule has 7 heteroatoms. The smallest absolute Gasteiger partial charge is 0.256 e. The van der Waals surface area contributed by atoms with Gasteiger partial charge in [0.05, 0.1) is 11.4 Å². The van der Waals surface area contributed by atoms with Gasteiger partial charge >= 0.3 is 0 Å². The van der Waals surface area contributed by atoms with Gasteiger partial charge in [-0.25, -0.2) is 9.97 Å². The fourth-order valence-electron chi connectivity index (χ4n) is 3.19. The Balaban J connectivity index is 1.55. The molecular formula is C23H22N6O. The zero-order valence-electron chi connectivity index (χ0n) is 17.0. The summed E-state index contributed by atoms with van der Waals surface area (Å²) in [6.45, 7) is 3.74. The van der Waals surface area contributed by atoms with Gasteiger partial charge in [-0.05, 0) is 32.0 Å². The van der Waals surface area contributed by atoms with Crippen LogP contribution in [0.25, 0.3) is 11.3 Å². The van der Waals surface area contributed by atoms with Crippen molar-refractivity contribution in [2.75, 3.05) is 10.6 Å². The van der Waals surface area contributed by atoms with Gasteiger partial charge in [0.2, 0.25) is 0 Å². The Labute approximate surface area is 174 Å². The van der Waals surface area contributed by atoms with E-state index in [4.69, 9.17) is 0 Å². The number of carbonyl (C=O) groups is 1. The molecule has 0 radical (unpaired) electrons. The molecule has 0 saturated heterocycles. The van der Waals surface area contributed by atoms with Gasteiger partial charge in [0.1, 0.15) is 17.5 Å². The second kappa shape index (κ2) is 8.16. The first-order valence-electron chi connectivity index (χ1n) is 9.58. The van der Waals surface area contributed by atoms with Gasteiger partial charge in [-0.3, -0.25) is 9.48 Å². The summed E-state index contributed by atoms with van der Waals surface area (Å²) in [5, 5.41) is 10.4. The highest BCUT2D eigenvalue weighted by Crippen LogP contribution is 2.23. The molecule has 0 aliphatic heterocycles. The first kappa shape index (κ1) is 19.3. The zero-order valence-corrected chi connectivity index (χ0v) is 17.0. The monoisotopic (exact) mass is 398 g/mol. The Kier molecular flexibility index (Phi) is 5.26. The van der Waals surface area contributed by atoms with Crippen LogP contribution < -0.4 is 10.6 Å². The van der Waals surface area contributed by atoms with Gasteiger partial charge in [-0.1, -0.05) is 36.4 Å². The van der Waals surface area contributed by atoms with Crippen LogP contribution in [0.15, 0.2) is 66.7 Å². The number of amides is 1. The molecule has 2 N–H and O–H groups in total. The molecule has 2 aromatic heterocycles. The molecule has 0 saturated carbocycles. The molecule has 4 aromatic rings. The molecule has 4 rings (SSSR count). The lowest BCUT2D eigenvalue weighted by Gasteiger charge is -2.10. The second-order valence-corrected chi connectivity index (χ2v) is 7.01. The van der Waals surface area contributed by atoms with Crippen molar-refractivity contribution >= 4 is 23.2 Å². The number of benzene rings is 2. The van der Waals surface area contributed by atoms with E-state index < -0.39 is 0 Å². The predicted octanol–water partition coefficient (Wildman–Crippen LogP) is 4.49. The Morgan fingerprint density at radius 1 is 0.933 bits per heavy atom.